The van der Waals surface area contributed by atoms with Gasteiger partial charge in [-0.1, -0.05) is 18.2 Å². The van der Waals surface area contributed by atoms with Crippen molar-refractivity contribution in [3.63, 3.8) is 0 Å². The summed E-state index contributed by atoms with van der Waals surface area (Å²) in [6.45, 7) is 2.01. The first-order valence-corrected chi connectivity index (χ1v) is 7.22. The molecule has 1 N–H and O–H groups in total. The van der Waals surface area contributed by atoms with Crippen molar-refractivity contribution >= 4 is 10.9 Å². The van der Waals surface area contributed by atoms with E-state index in [-0.39, 0.29) is 11.4 Å². The van der Waals surface area contributed by atoms with Crippen LogP contribution in [0.4, 0.5) is 4.39 Å². The van der Waals surface area contributed by atoms with E-state index in [1.54, 1.807) is 16.7 Å². The minimum atomic E-state index is -0.278. The van der Waals surface area contributed by atoms with E-state index in [1.807, 2.05) is 18.2 Å². The van der Waals surface area contributed by atoms with E-state index < -0.39 is 0 Å². The van der Waals surface area contributed by atoms with E-state index in [9.17, 15) is 9.18 Å². The predicted octanol–water partition coefficient (Wildman–Crippen LogP) is 2.31. The Bertz CT molecular complexity index is 933. The van der Waals surface area contributed by atoms with Gasteiger partial charge in [-0.15, -0.1) is 0 Å². The average molecular weight is 295 g/mol. The normalized spacial score (nSPS) is 14.0. The highest BCUT2D eigenvalue weighted by molar-refractivity contribution is 5.83. The van der Waals surface area contributed by atoms with Crippen LogP contribution in [0.15, 0.2) is 47.3 Å². The van der Waals surface area contributed by atoms with Crippen molar-refractivity contribution in [3.8, 4) is 11.1 Å². The van der Waals surface area contributed by atoms with Gasteiger partial charge < -0.3 is 5.32 Å². The number of hydrogen-bond acceptors (Lipinski definition) is 3. The molecule has 3 aromatic rings. The fourth-order valence-electron chi connectivity index (χ4n) is 2.87. The topological polar surface area (TPSA) is 46.9 Å². The quantitative estimate of drug-likeness (QED) is 0.749. The zero-order valence-corrected chi connectivity index (χ0v) is 11.8. The van der Waals surface area contributed by atoms with Gasteiger partial charge in [-0.3, -0.25) is 9.36 Å². The van der Waals surface area contributed by atoms with Crippen LogP contribution in [0.3, 0.4) is 0 Å². The zero-order valence-electron chi connectivity index (χ0n) is 11.8. The summed E-state index contributed by atoms with van der Waals surface area (Å²) in [4.78, 5) is 17.1. The molecule has 1 aliphatic heterocycles. The van der Waals surface area contributed by atoms with Crippen LogP contribution in [0.25, 0.3) is 22.0 Å². The molecule has 0 bridgehead atoms. The summed E-state index contributed by atoms with van der Waals surface area (Å²) in [5.41, 5.74) is 2.28. The number of nitrogens with one attached hydrogen (secondary N) is 1. The van der Waals surface area contributed by atoms with E-state index in [0.29, 0.717) is 24.0 Å². The Kier molecular flexibility index (Phi) is 3.01. The van der Waals surface area contributed by atoms with Gasteiger partial charge in [0.1, 0.15) is 11.6 Å². The largest absolute Gasteiger partial charge is 0.308 e. The molecule has 0 aliphatic carbocycles. The second kappa shape index (κ2) is 5.03. The van der Waals surface area contributed by atoms with Crippen LogP contribution in [0.1, 0.15) is 5.82 Å². The monoisotopic (exact) mass is 295 g/mol. The Morgan fingerprint density at radius 3 is 2.86 bits per heavy atom. The number of benzene rings is 2. The number of nitrogens with zero attached hydrogens (tertiary/aromatic N) is 2. The highest BCUT2D eigenvalue weighted by atomic mass is 19.1. The molecule has 5 heteroatoms. The molecule has 0 spiro atoms. The molecule has 0 saturated carbocycles. The molecule has 0 unspecified atom stereocenters. The molecule has 0 radical (unpaired) electrons. The van der Waals surface area contributed by atoms with Crippen molar-refractivity contribution in [1.29, 1.82) is 0 Å². The molecule has 1 aromatic heterocycles. The third-order valence-electron chi connectivity index (χ3n) is 3.99. The number of hydrogen-bond donors (Lipinski definition) is 1. The van der Waals surface area contributed by atoms with Gasteiger partial charge >= 0.3 is 0 Å². The molecule has 110 valence electrons. The Balaban J connectivity index is 1.93. The van der Waals surface area contributed by atoms with Gasteiger partial charge in [0.15, 0.2) is 0 Å². The molecule has 0 atom stereocenters. The van der Waals surface area contributed by atoms with Gasteiger partial charge in [-0.05, 0) is 35.4 Å². The maximum absolute atomic E-state index is 13.4. The molecule has 0 fully saturated rings. The third-order valence-corrected chi connectivity index (χ3v) is 3.99. The number of rotatable bonds is 1. The lowest BCUT2D eigenvalue weighted by molar-refractivity contribution is 0.486. The van der Waals surface area contributed by atoms with Crippen molar-refractivity contribution in [2.75, 3.05) is 6.54 Å². The predicted molar refractivity (Wildman–Crippen MR) is 83.1 cm³/mol. The number of aromatic nitrogens is 2. The smallest absolute Gasteiger partial charge is 0.261 e. The van der Waals surface area contributed by atoms with Crippen LogP contribution in [-0.4, -0.2) is 16.1 Å². The van der Waals surface area contributed by atoms with E-state index >= 15 is 0 Å². The van der Waals surface area contributed by atoms with E-state index in [1.165, 1.54) is 12.1 Å². The fraction of sp³-hybridized carbons (Fsp3) is 0.176. The van der Waals surface area contributed by atoms with Gasteiger partial charge in [0.25, 0.3) is 5.56 Å². The molecule has 0 amide bonds. The lowest BCUT2D eigenvalue weighted by atomic mass is 10.0. The Morgan fingerprint density at radius 2 is 2.00 bits per heavy atom. The Hall–Kier alpha value is -2.53. The lowest BCUT2D eigenvalue weighted by Crippen LogP contribution is -2.37. The van der Waals surface area contributed by atoms with Crippen molar-refractivity contribution in [2.24, 2.45) is 0 Å². The molecule has 2 heterocycles. The highest BCUT2D eigenvalue weighted by Crippen LogP contribution is 2.23. The summed E-state index contributed by atoms with van der Waals surface area (Å²) >= 11 is 0. The zero-order chi connectivity index (χ0) is 15.1. The summed E-state index contributed by atoms with van der Waals surface area (Å²) < 4.78 is 15.1. The van der Waals surface area contributed by atoms with Crippen molar-refractivity contribution in [2.45, 2.75) is 13.1 Å². The SMILES string of the molecule is O=c1c2ccc(-c3cccc(F)c3)cc2nc2n1CCNC2. The fourth-order valence-corrected chi connectivity index (χ4v) is 2.87. The molecular weight excluding hydrogens is 281 g/mol. The second-order valence-electron chi connectivity index (χ2n) is 5.40. The first-order valence-electron chi connectivity index (χ1n) is 7.22. The molecule has 1 aliphatic rings. The van der Waals surface area contributed by atoms with Gasteiger partial charge in [-0.25, -0.2) is 9.37 Å². The van der Waals surface area contributed by atoms with Gasteiger partial charge in [0, 0.05) is 13.1 Å². The molecule has 22 heavy (non-hydrogen) atoms. The van der Waals surface area contributed by atoms with Crippen LogP contribution >= 0.6 is 0 Å². The maximum atomic E-state index is 13.4. The highest BCUT2D eigenvalue weighted by Gasteiger charge is 2.14. The number of fused-ring (bicyclic) bond motifs is 2. The number of halogens is 1. The molecule has 0 saturated heterocycles. The lowest BCUT2D eigenvalue weighted by Gasteiger charge is -2.19. The minimum Gasteiger partial charge on any atom is -0.308 e. The van der Waals surface area contributed by atoms with E-state index in [2.05, 4.69) is 10.3 Å². The van der Waals surface area contributed by atoms with Gasteiger partial charge in [-0.2, -0.15) is 0 Å². The molecule has 4 nitrogen and oxygen atoms in total. The van der Waals surface area contributed by atoms with Crippen molar-refractivity contribution < 1.29 is 4.39 Å². The van der Waals surface area contributed by atoms with Crippen LogP contribution in [0.5, 0.6) is 0 Å². The first kappa shape index (κ1) is 13.2. The first-order chi connectivity index (χ1) is 10.7. The summed E-state index contributed by atoms with van der Waals surface area (Å²) in [6, 6.07) is 11.9. The molecule has 4 rings (SSSR count). The summed E-state index contributed by atoms with van der Waals surface area (Å²) in [5, 5.41) is 3.82. The van der Waals surface area contributed by atoms with E-state index in [4.69, 9.17) is 0 Å². The van der Waals surface area contributed by atoms with Crippen LogP contribution < -0.4 is 10.9 Å². The minimum absolute atomic E-state index is 0.00714. The van der Waals surface area contributed by atoms with Gasteiger partial charge in [0.2, 0.25) is 0 Å². The molecule has 2 aromatic carbocycles. The van der Waals surface area contributed by atoms with Crippen LogP contribution in [0.2, 0.25) is 0 Å². The molecular formula is C17H14FN3O. The average Bonchev–Trinajstić information content (AvgIpc) is 2.55. The maximum Gasteiger partial charge on any atom is 0.261 e. The summed E-state index contributed by atoms with van der Waals surface area (Å²) in [5.74, 6) is 0.473. The van der Waals surface area contributed by atoms with E-state index in [0.717, 1.165) is 23.5 Å². The van der Waals surface area contributed by atoms with Crippen molar-refractivity contribution in [3.05, 3.63) is 64.5 Å². The Labute approximate surface area is 126 Å². The van der Waals surface area contributed by atoms with Crippen LogP contribution in [0, 0.1) is 5.82 Å². The van der Waals surface area contributed by atoms with Gasteiger partial charge in [0.05, 0.1) is 17.4 Å². The Morgan fingerprint density at radius 1 is 1.14 bits per heavy atom. The van der Waals surface area contributed by atoms with Crippen molar-refractivity contribution in [1.82, 2.24) is 14.9 Å². The second-order valence-corrected chi connectivity index (χ2v) is 5.40. The standard InChI is InChI=1S/C17H14FN3O/c18-13-3-1-2-11(8-13)12-4-5-14-15(9-12)20-16-10-19-6-7-21(16)17(14)22/h1-5,8-9,19H,6-7,10H2. The summed E-state index contributed by atoms with van der Waals surface area (Å²) in [6.07, 6.45) is 0. The third kappa shape index (κ3) is 2.10. The van der Waals surface area contributed by atoms with Crippen LogP contribution in [-0.2, 0) is 13.1 Å². The summed E-state index contributed by atoms with van der Waals surface area (Å²) in [7, 11) is 0.